The lowest BCUT2D eigenvalue weighted by atomic mass is 10.3. The van der Waals surface area contributed by atoms with Gasteiger partial charge >= 0.3 is 0 Å². The third-order valence-electron chi connectivity index (χ3n) is 0.992. The molecular formula is C6H3BrFNO. The Morgan fingerprint density at radius 3 is 2.80 bits per heavy atom. The molecule has 0 aliphatic rings. The molecule has 0 spiro atoms. The van der Waals surface area contributed by atoms with Gasteiger partial charge in [-0.05, 0) is 15.9 Å². The summed E-state index contributed by atoms with van der Waals surface area (Å²) in [5.41, 5.74) is -0.0330. The summed E-state index contributed by atoms with van der Waals surface area (Å²) in [5, 5.41) is 0. The third kappa shape index (κ3) is 1.21. The van der Waals surface area contributed by atoms with Crippen molar-refractivity contribution in [3.05, 3.63) is 28.2 Å². The van der Waals surface area contributed by atoms with Crippen molar-refractivity contribution in [2.24, 2.45) is 0 Å². The van der Waals surface area contributed by atoms with Gasteiger partial charge in [0.1, 0.15) is 0 Å². The number of aldehydes is 1. The standard InChI is InChI=1S/C6H3BrFNO/c7-5-2-9-1-4(3-10)6(5)8/h1-3H. The predicted octanol–water partition coefficient (Wildman–Crippen LogP) is 1.80. The van der Waals surface area contributed by atoms with Crippen LogP contribution in [0, 0.1) is 5.82 Å². The zero-order chi connectivity index (χ0) is 7.56. The van der Waals surface area contributed by atoms with Crippen molar-refractivity contribution in [2.45, 2.75) is 0 Å². The molecule has 0 atom stereocenters. The second-order valence-corrected chi connectivity index (χ2v) is 2.50. The van der Waals surface area contributed by atoms with Gasteiger partial charge in [0.2, 0.25) is 0 Å². The Morgan fingerprint density at radius 1 is 1.60 bits per heavy atom. The Kier molecular flexibility index (Phi) is 2.11. The first-order valence-corrected chi connectivity index (χ1v) is 3.29. The molecule has 0 radical (unpaired) electrons. The lowest BCUT2D eigenvalue weighted by Crippen LogP contribution is -1.89. The normalized spacial score (nSPS) is 9.40. The van der Waals surface area contributed by atoms with E-state index in [1.54, 1.807) is 0 Å². The summed E-state index contributed by atoms with van der Waals surface area (Å²) in [4.78, 5) is 13.7. The lowest BCUT2D eigenvalue weighted by molar-refractivity contribution is 0.111. The van der Waals surface area contributed by atoms with E-state index in [9.17, 15) is 9.18 Å². The van der Waals surface area contributed by atoms with Gasteiger partial charge in [0.15, 0.2) is 12.1 Å². The summed E-state index contributed by atoms with van der Waals surface area (Å²) in [5.74, 6) is -0.565. The Labute approximate surface area is 65.2 Å². The molecule has 0 amide bonds. The molecule has 0 saturated carbocycles. The smallest absolute Gasteiger partial charge is 0.154 e. The lowest BCUT2D eigenvalue weighted by Gasteiger charge is -1.93. The minimum absolute atomic E-state index is 0.0330. The first-order chi connectivity index (χ1) is 4.75. The highest BCUT2D eigenvalue weighted by Crippen LogP contribution is 2.14. The summed E-state index contributed by atoms with van der Waals surface area (Å²) in [6.07, 6.45) is 2.89. The van der Waals surface area contributed by atoms with E-state index in [1.807, 2.05) is 0 Å². The maximum absolute atomic E-state index is 12.7. The molecule has 10 heavy (non-hydrogen) atoms. The van der Waals surface area contributed by atoms with E-state index in [-0.39, 0.29) is 10.0 Å². The van der Waals surface area contributed by atoms with Crippen LogP contribution in [0.2, 0.25) is 0 Å². The van der Waals surface area contributed by atoms with E-state index in [4.69, 9.17) is 0 Å². The van der Waals surface area contributed by atoms with Gasteiger partial charge in [0.25, 0.3) is 0 Å². The molecule has 1 heterocycles. The van der Waals surface area contributed by atoms with Crippen molar-refractivity contribution in [3.63, 3.8) is 0 Å². The van der Waals surface area contributed by atoms with E-state index < -0.39 is 5.82 Å². The number of carbonyl (C=O) groups excluding carboxylic acids is 1. The van der Waals surface area contributed by atoms with E-state index >= 15 is 0 Å². The Morgan fingerprint density at radius 2 is 2.30 bits per heavy atom. The van der Waals surface area contributed by atoms with Crippen LogP contribution in [0.4, 0.5) is 4.39 Å². The third-order valence-corrected chi connectivity index (χ3v) is 1.54. The largest absolute Gasteiger partial charge is 0.298 e. The molecule has 1 rings (SSSR count). The molecule has 1 aromatic rings. The Hall–Kier alpha value is -0.770. The van der Waals surface area contributed by atoms with E-state index in [2.05, 4.69) is 20.9 Å². The molecule has 4 heteroatoms. The average Bonchev–Trinajstić information content (AvgIpc) is 1.95. The van der Waals surface area contributed by atoms with Crippen LogP contribution >= 0.6 is 15.9 Å². The summed E-state index contributed by atoms with van der Waals surface area (Å²) in [6.45, 7) is 0. The number of rotatable bonds is 1. The molecule has 0 aliphatic heterocycles. The van der Waals surface area contributed by atoms with Gasteiger partial charge in [-0.15, -0.1) is 0 Å². The molecule has 1 aromatic heterocycles. The number of halogens is 2. The highest BCUT2D eigenvalue weighted by Gasteiger charge is 2.03. The van der Waals surface area contributed by atoms with Crippen molar-refractivity contribution in [2.75, 3.05) is 0 Å². The van der Waals surface area contributed by atoms with E-state index in [1.165, 1.54) is 12.4 Å². The summed E-state index contributed by atoms with van der Waals surface area (Å²) >= 11 is 2.89. The van der Waals surface area contributed by atoms with E-state index in [0.29, 0.717) is 6.29 Å². The first kappa shape index (κ1) is 7.34. The fraction of sp³-hybridized carbons (Fsp3) is 0. The molecule has 2 nitrogen and oxygen atoms in total. The Bertz CT molecular complexity index is 264. The van der Waals surface area contributed by atoms with Crippen LogP contribution in [0.15, 0.2) is 16.9 Å². The SMILES string of the molecule is O=Cc1cncc(Br)c1F. The maximum Gasteiger partial charge on any atom is 0.154 e. The van der Waals surface area contributed by atoms with E-state index in [0.717, 1.165) is 0 Å². The molecule has 0 N–H and O–H groups in total. The van der Waals surface area contributed by atoms with Gasteiger partial charge in [-0.1, -0.05) is 0 Å². The van der Waals surface area contributed by atoms with Crippen molar-refractivity contribution < 1.29 is 9.18 Å². The molecule has 0 bridgehead atoms. The summed E-state index contributed by atoms with van der Waals surface area (Å²) in [6, 6.07) is 0. The highest BCUT2D eigenvalue weighted by atomic mass is 79.9. The van der Waals surface area contributed by atoms with Gasteiger partial charge in [0, 0.05) is 12.4 Å². The number of hydrogen-bond donors (Lipinski definition) is 0. The molecule has 0 aromatic carbocycles. The van der Waals surface area contributed by atoms with Crippen LogP contribution in [-0.2, 0) is 0 Å². The summed E-state index contributed by atoms with van der Waals surface area (Å²) in [7, 11) is 0. The molecule has 0 aliphatic carbocycles. The van der Waals surface area contributed by atoms with Crippen LogP contribution in [0.3, 0.4) is 0 Å². The zero-order valence-electron chi connectivity index (χ0n) is 4.84. The molecule has 52 valence electrons. The van der Waals surface area contributed by atoms with Crippen molar-refractivity contribution in [1.82, 2.24) is 4.98 Å². The minimum Gasteiger partial charge on any atom is -0.298 e. The summed E-state index contributed by atoms with van der Waals surface area (Å²) < 4.78 is 12.9. The van der Waals surface area contributed by atoms with Gasteiger partial charge in [-0.3, -0.25) is 9.78 Å². The molecule has 0 saturated heterocycles. The van der Waals surface area contributed by atoms with Gasteiger partial charge in [-0.25, -0.2) is 4.39 Å². The molecule has 0 unspecified atom stereocenters. The Balaban J connectivity index is 3.27. The van der Waals surface area contributed by atoms with Crippen LogP contribution in [-0.4, -0.2) is 11.3 Å². The average molecular weight is 204 g/mol. The topological polar surface area (TPSA) is 30.0 Å². The van der Waals surface area contributed by atoms with Crippen molar-refractivity contribution in [3.8, 4) is 0 Å². The first-order valence-electron chi connectivity index (χ1n) is 2.50. The number of pyridine rings is 1. The van der Waals surface area contributed by atoms with Crippen LogP contribution in [0.1, 0.15) is 10.4 Å². The zero-order valence-corrected chi connectivity index (χ0v) is 6.43. The predicted molar refractivity (Wildman–Crippen MR) is 37.3 cm³/mol. The molecule has 0 fully saturated rings. The monoisotopic (exact) mass is 203 g/mol. The fourth-order valence-corrected chi connectivity index (χ4v) is 0.864. The van der Waals surface area contributed by atoms with Crippen LogP contribution in [0.5, 0.6) is 0 Å². The number of hydrogen-bond acceptors (Lipinski definition) is 2. The van der Waals surface area contributed by atoms with Gasteiger partial charge in [-0.2, -0.15) is 0 Å². The molecular weight excluding hydrogens is 201 g/mol. The van der Waals surface area contributed by atoms with Gasteiger partial charge < -0.3 is 0 Å². The van der Waals surface area contributed by atoms with Crippen molar-refractivity contribution in [1.29, 1.82) is 0 Å². The van der Waals surface area contributed by atoms with Crippen LogP contribution in [0.25, 0.3) is 0 Å². The fourth-order valence-electron chi connectivity index (χ4n) is 0.516. The van der Waals surface area contributed by atoms with Crippen LogP contribution < -0.4 is 0 Å². The highest BCUT2D eigenvalue weighted by molar-refractivity contribution is 9.10. The second-order valence-electron chi connectivity index (χ2n) is 1.64. The second kappa shape index (κ2) is 2.88. The maximum atomic E-state index is 12.7. The van der Waals surface area contributed by atoms with Crippen molar-refractivity contribution >= 4 is 22.2 Å². The number of aromatic nitrogens is 1. The quantitative estimate of drug-likeness (QED) is 0.652. The number of carbonyl (C=O) groups is 1. The number of nitrogens with zero attached hydrogens (tertiary/aromatic N) is 1. The minimum atomic E-state index is -0.565. The van der Waals surface area contributed by atoms with Gasteiger partial charge in [0.05, 0.1) is 10.0 Å².